The topological polar surface area (TPSA) is 277 Å². The maximum atomic E-state index is 13.7. The van der Waals surface area contributed by atoms with E-state index < -0.39 is 23.6 Å². The summed E-state index contributed by atoms with van der Waals surface area (Å²) in [4.78, 5) is 81.9. The van der Waals surface area contributed by atoms with Gasteiger partial charge in [-0.15, -0.1) is 0 Å². The molecule has 326 valence electrons. The van der Waals surface area contributed by atoms with Crippen molar-refractivity contribution in [2.45, 2.75) is 73.9 Å². The third-order valence-corrected chi connectivity index (χ3v) is 9.55. The number of hydrogen-bond acceptors (Lipinski definition) is 14. The van der Waals surface area contributed by atoms with Crippen molar-refractivity contribution in [2.24, 2.45) is 17.4 Å². The molecule has 0 radical (unpaired) electrons. The van der Waals surface area contributed by atoms with E-state index in [9.17, 15) is 24.0 Å². The first-order chi connectivity index (χ1) is 29.6. The van der Waals surface area contributed by atoms with Crippen molar-refractivity contribution < 1.29 is 47.0 Å². The van der Waals surface area contributed by atoms with Crippen LogP contribution in [-0.4, -0.2) is 79.0 Å². The fourth-order valence-electron chi connectivity index (χ4n) is 6.59. The van der Waals surface area contributed by atoms with Crippen LogP contribution in [-0.2, 0) is 35.5 Å². The monoisotopic (exact) mass is 852 g/mol. The number of nitrogens with one attached hydrogen (secondary N) is 2. The molecule has 0 fully saturated rings. The van der Waals surface area contributed by atoms with Gasteiger partial charge in [-0.1, -0.05) is 39.8 Å². The number of rotatable bonds is 19. The van der Waals surface area contributed by atoms with Crippen LogP contribution in [0.5, 0.6) is 11.5 Å². The zero-order valence-electron chi connectivity index (χ0n) is 35.4. The van der Waals surface area contributed by atoms with E-state index in [0.29, 0.717) is 59.0 Å². The number of carbonyl (C=O) groups is 5. The number of oxazole rings is 2. The number of nitrogens with zero attached hydrogens (tertiary/aromatic N) is 6. The number of hydrogen-bond donors (Lipinski definition) is 4. The summed E-state index contributed by atoms with van der Waals surface area (Å²) in [6.45, 7) is 10.8. The molecule has 6 N–H and O–H groups in total. The molecule has 4 amide bonds. The number of nitrogens with two attached hydrogens (primary N) is 2. The Bertz CT molecular complexity index is 2720. The molecule has 20 heteroatoms. The minimum absolute atomic E-state index is 0.0194. The van der Waals surface area contributed by atoms with Gasteiger partial charge in [0.1, 0.15) is 22.5 Å². The van der Waals surface area contributed by atoms with Gasteiger partial charge in [0, 0.05) is 44.5 Å². The van der Waals surface area contributed by atoms with E-state index in [1.165, 1.54) is 31.4 Å². The molecule has 0 saturated heterocycles. The predicted octanol–water partition coefficient (Wildman–Crippen LogP) is 5.04. The first-order valence-electron chi connectivity index (χ1n) is 19.9. The van der Waals surface area contributed by atoms with Crippen LogP contribution in [0.15, 0.2) is 45.3 Å². The number of esters is 1. The average Bonchev–Trinajstić information content (AvgIpc) is 4.00. The number of fused-ring (bicyclic) bond motifs is 2. The van der Waals surface area contributed by atoms with E-state index in [2.05, 4.69) is 30.6 Å². The first-order valence-corrected chi connectivity index (χ1v) is 19.9. The van der Waals surface area contributed by atoms with Crippen molar-refractivity contribution in [1.29, 1.82) is 0 Å². The number of methoxy groups -OCH3 is 1. The van der Waals surface area contributed by atoms with Crippen molar-refractivity contribution >= 4 is 63.6 Å². The highest BCUT2D eigenvalue weighted by molar-refractivity contribution is 6.05. The summed E-state index contributed by atoms with van der Waals surface area (Å²) < 4.78 is 31.8. The second-order valence-electron chi connectivity index (χ2n) is 14.3. The highest BCUT2D eigenvalue weighted by Gasteiger charge is 2.25. The van der Waals surface area contributed by atoms with Gasteiger partial charge in [0.15, 0.2) is 11.8 Å². The van der Waals surface area contributed by atoms with Gasteiger partial charge >= 0.3 is 5.97 Å². The van der Waals surface area contributed by atoms with Crippen molar-refractivity contribution in [1.82, 2.24) is 29.1 Å². The molecule has 0 aliphatic heterocycles. The van der Waals surface area contributed by atoms with Gasteiger partial charge in [-0.2, -0.15) is 0 Å². The second kappa shape index (κ2) is 18.8. The van der Waals surface area contributed by atoms with E-state index >= 15 is 0 Å². The molecular weight excluding hydrogens is 805 g/mol. The lowest BCUT2D eigenvalue weighted by Gasteiger charge is -2.13. The molecule has 0 aliphatic rings. The number of aryl methyl sites for hydroxylation is 4. The molecule has 0 spiro atoms. The van der Waals surface area contributed by atoms with Crippen LogP contribution in [0.4, 0.5) is 11.9 Å². The minimum Gasteiger partial charge on any atom is -0.494 e. The summed E-state index contributed by atoms with van der Waals surface area (Å²) in [7, 11) is 1.43. The maximum Gasteiger partial charge on any atom is 0.308 e. The van der Waals surface area contributed by atoms with Crippen LogP contribution in [0.3, 0.4) is 0 Å². The third-order valence-electron chi connectivity index (χ3n) is 9.55. The molecule has 0 bridgehead atoms. The number of allylic oxidation sites excluding steroid dienone is 2. The Morgan fingerprint density at radius 3 is 1.63 bits per heavy atom. The summed E-state index contributed by atoms with van der Waals surface area (Å²) in [6, 6.07) is 5.94. The molecule has 6 rings (SSSR count). The Balaban J connectivity index is 1.39. The average molecular weight is 853 g/mol. The van der Waals surface area contributed by atoms with Crippen molar-refractivity contribution in [2.75, 3.05) is 31.0 Å². The Morgan fingerprint density at radius 1 is 0.726 bits per heavy atom. The van der Waals surface area contributed by atoms with Crippen LogP contribution in [0.25, 0.3) is 22.1 Å². The summed E-state index contributed by atoms with van der Waals surface area (Å²) in [6.07, 6.45) is 4.77. The van der Waals surface area contributed by atoms with Crippen LogP contribution in [0, 0.1) is 19.8 Å². The second-order valence-corrected chi connectivity index (χ2v) is 14.3. The van der Waals surface area contributed by atoms with Gasteiger partial charge < -0.3 is 43.6 Å². The van der Waals surface area contributed by atoms with Crippen LogP contribution < -0.4 is 31.6 Å². The van der Waals surface area contributed by atoms with Crippen LogP contribution in [0.2, 0.25) is 0 Å². The van der Waals surface area contributed by atoms with E-state index in [0.717, 1.165) is 0 Å². The minimum atomic E-state index is -0.731. The number of aromatic nitrogens is 6. The number of imidazole rings is 2. The molecule has 4 aromatic heterocycles. The number of anilines is 2. The molecule has 0 atom stereocenters. The van der Waals surface area contributed by atoms with E-state index in [1.54, 1.807) is 49.0 Å². The summed E-state index contributed by atoms with van der Waals surface area (Å²) >= 11 is 0. The fourth-order valence-corrected chi connectivity index (χ4v) is 6.59. The van der Waals surface area contributed by atoms with Gasteiger partial charge in [-0.05, 0) is 37.1 Å². The fraction of sp³-hybridized carbons (Fsp3) is 0.357. The van der Waals surface area contributed by atoms with Crippen molar-refractivity contribution in [3.63, 3.8) is 0 Å². The Hall–Kier alpha value is -7.51. The quantitative estimate of drug-likeness (QED) is 0.0472. The molecule has 0 saturated carbocycles. The van der Waals surface area contributed by atoms with Gasteiger partial charge in [0.25, 0.3) is 11.8 Å². The zero-order chi connectivity index (χ0) is 44.8. The Labute approximate surface area is 355 Å². The largest absolute Gasteiger partial charge is 0.494 e. The van der Waals surface area contributed by atoms with Gasteiger partial charge in [0.05, 0.1) is 48.7 Å². The smallest absolute Gasteiger partial charge is 0.308 e. The van der Waals surface area contributed by atoms with Crippen LogP contribution in [0.1, 0.15) is 99.1 Å². The van der Waals surface area contributed by atoms with Gasteiger partial charge in [-0.25, -0.2) is 19.9 Å². The van der Waals surface area contributed by atoms with Crippen molar-refractivity contribution in [3.8, 4) is 11.5 Å². The molecule has 6 aromatic rings. The number of carbonyl (C=O) groups excluding carboxylic acids is 5. The summed E-state index contributed by atoms with van der Waals surface area (Å²) in [5.41, 5.74) is 14.0. The highest BCUT2D eigenvalue weighted by atomic mass is 16.5. The lowest BCUT2D eigenvalue weighted by molar-refractivity contribution is -0.147. The van der Waals surface area contributed by atoms with E-state index in [4.69, 9.17) is 34.5 Å². The molecule has 0 aliphatic carbocycles. The number of ether oxygens (including phenoxy) is 3. The summed E-state index contributed by atoms with van der Waals surface area (Å²) in [5, 5.41) is 5.65. The molecule has 62 heavy (non-hydrogen) atoms. The Kier molecular flexibility index (Phi) is 13.4. The maximum absolute atomic E-state index is 13.7. The van der Waals surface area contributed by atoms with Gasteiger partial charge in [-0.3, -0.25) is 34.6 Å². The van der Waals surface area contributed by atoms with Gasteiger partial charge in [0.2, 0.25) is 35.2 Å². The predicted molar refractivity (Wildman–Crippen MR) is 225 cm³/mol. The molecule has 4 heterocycles. The Morgan fingerprint density at radius 2 is 1.19 bits per heavy atom. The van der Waals surface area contributed by atoms with E-state index in [-0.39, 0.29) is 89.8 Å². The third kappa shape index (κ3) is 9.43. The first kappa shape index (κ1) is 44.1. The molecule has 0 unspecified atom stereocenters. The van der Waals surface area contributed by atoms with Crippen LogP contribution >= 0.6 is 0 Å². The summed E-state index contributed by atoms with van der Waals surface area (Å²) in [5.74, 6) is -1.87. The molecular formula is C42H48N10O10. The standard InChI is InChI=1S/C42H48N10O10/c1-8-26-34(61-22(5)45-26)38(55)49-41-47-28-17-24(36(43)53)19-30(58-7)32(28)51(41)13-10-11-14-52-33-29(48-42(52)50-39(56)35-27(9-2)46-23(6)62-35)18-25(37(44)54)20-31(33)59-15-12-16-60-40(57)21(3)4/h10-11,17-21H,8-9,12-16H2,1-7H3,(H2,43,53)(H2,44,54)(H,47,49,55)(H,48,50,56)/b11-10+. The number of amides is 4. The normalized spacial score (nSPS) is 11.5. The lowest BCUT2D eigenvalue weighted by atomic mass is 10.1. The lowest BCUT2D eigenvalue weighted by Crippen LogP contribution is -2.17. The zero-order valence-corrected chi connectivity index (χ0v) is 35.4. The molecule has 2 aromatic carbocycles. The van der Waals surface area contributed by atoms with Crippen molar-refractivity contribution in [3.05, 3.63) is 82.2 Å². The SMILES string of the molecule is CCc1nc(C)oc1C(=O)Nc1nc2cc(C(N)=O)cc(OC)c2n1C/C=C/Cn1c(NC(=O)c2oc(C)nc2CC)nc2cc(C(N)=O)cc(OCCCOC(=O)C(C)C)c21. The number of primary amides is 2. The van der Waals surface area contributed by atoms with E-state index in [1.807, 2.05) is 13.8 Å². The molecule has 20 nitrogen and oxygen atoms in total. The highest BCUT2D eigenvalue weighted by Crippen LogP contribution is 2.33. The number of benzene rings is 2.